The zero-order valence-corrected chi connectivity index (χ0v) is 16.2. The predicted octanol–water partition coefficient (Wildman–Crippen LogP) is 2.96. The molecule has 2 N–H and O–H groups in total. The van der Waals surface area contributed by atoms with Gasteiger partial charge in [0.2, 0.25) is 0 Å². The van der Waals surface area contributed by atoms with Crippen LogP contribution in [0.15, 0.2) is 47.5 Å². The van der Waals surface area contributed by atoms with E-state index in [2.05, 4.69) is 26.6 Å². The summed E-state index contributed by atoms with van der Waals surface area (Å²) in [6.45, 7) is 2.30. The third-order valence-corrected chi connectivity index (χ3v) is 4.81. The number of aliphatic imine (C=N–C) groups is 1. The summed E-state index contributed by atoms with van der Waals surface area (Å²) in [5, 5.41) is 6.63. The molecular formula is C21H26F2N4O. The minimum atomic E-state index is -0.556. The van der Waals surface area contributed by atoms with Crippen LogP contribution in [-0.4, -0.2) is 45.8 Å². The van der Waals surface area contributed by atoms with E-state index in [0.717, 1.165) is 37.0 Å². The SMILES string of the molecule is CN=C(NCCc1cc(F)cc(F)c1)NC1CCN(c2ccccc2OC)C1. The molecule has 2 aromatic rings. The molecule has 1 unspecified atom stereocenters. The van der Waals surface area contributed by atoms with Gasteiger partial charge in [-0.2, -0.15) is 0 Å². The van der Waals surface area contributed by atoms with Crippen LogP contribution < -0.4 is 20.3 Å². The molecule has 0 amide bonds. The highest BCUT2D eigenvalue weighted by molar-refractivity contribution is 5.80. The number of hydrogen-bond donors (Lipinski definition) is 2. The standard InChI is InChI=1S/C21H26F2N4O/c1-24-21(25-9-7-15-11-16(22)13-17(23)12-15)26-18-8-10-27(14-18)19-5-3-4-6-20(19)28-2/h3-6,11-13,18H,7-10,14H2,1-2H3,(H2,24,25,26). The van der Waals surface area contributed by atoms with Gasteiger partial charge < -0.3 is 20.3 Å². The van der Waals surface area contributed by atoms with E-state index >= 15 is 0 Å². The van der Waals surface area contributed by atoms with E-state index in [1.807, 2.05) is 18.2 Å². The molecule has 0 aliphatic carbocycles. The van der Waals surface area contributed by atoms with Crippen LogP contribution in [-0.2, 0) is 6.42 Å². The van der Waals surface area contributed by atoms with Gasteiger partial charge in [0.25, 0.3) is 0 Å². The predicted molar refractivity (Wildman–Crippen MR) is 108 cm³/mol. The number of anilines is 1. The van der Waals surface area contributed by atoms with Gasteiger partial charge in [-0.3, -0.25) is 4.99 Å². The molecule has 1 atom stereocenters. The zero-order chi connectivity index (χ0) is 19.9. The first kappa shape index (κ1) is 19.9. The molecule has 1 aliphatic heterocycles. The first-order valence-corrected chi connectivity index (χ1v) is 9.39. The molecule has 150 valence electrons. The largest absolute Gasteiger partial charge is 0.495 e. The van der Waals surface area contributed by atoms with Crippen molar-refractivity contribution in [2.75, 3.05) is 38.7 Å². The molecule has 0 aromatic heterocycles. The third kappa shape index (κ3) is 5.12. The second-order valence-corrected chi connectivity index (χ2v) is 6.77. The topological polar surface area (TPSA) is 48.9 Å². The monoisotopic (exact) mass is 388 g/mol. The minimum absolute atomic E-state index is 0.253. The van der Waals surface area contributed by atoms with E-state index in [9.17, 15) is 8.78 Å². The Balaban J connectivity index is 1.50. The summed E-state index contributed by atoms with van der Waals surface area (Å²) in [6, 6.07) is 11.8. The molecule has 1 aliphatic rings. The Kier molecular flexibility index (Phi) is 6.68. The Morgan fingerprint density at radius 2 is 1.96 bits per heavy atom. The van der Waals surface area contributed by atoms with E-state index in [-0.39, 0.29) is 6.04 Å². The highest BCUT2D eigenvalue weighted by atomic mass is 19.1. The van der Waals surface area contributed by atoms with Gasteiger partial charge in [-0.15, -0.1) is 0 Å². The molecular weight excluding hydrogens is 362 g/mol. The molecule has 0 radical (unpaired) electrons. The summed E-state index contributed by atoms with van der Waals surface area (Å²) in [5.41, 5.74) is 1.70. The third-order valence-electron chi connectivity index (χ3n) is 4.81. The number of guanidine groups is 1. The summed E-state index contributed by atoms with van der Waals surface area (Å²) >= 11 is 0. The highest BCUT2D eigenvalue weighted by Crippen LogP contribution is 2.30. The molecule has 5 nitrogen and oxygen atoms in total. The molecule has 28 heavy (non-hydrogen) atoms. The zero-order valence-electron chi connectivity index (χ0n) is 16.2. The Bertz CT molecular complexity index is 808. The van der Waals surface area contributed by atoms with Gasteiger partial charge in [0.05, 0.1) is 12.8 Å². The van der Waals surface area contributed by atoms with Crippen LogP contribution in [0.5, 0.6) is 5.75 Å². The quantitative estimate of drug-likeness (QED) is 0.590. The van der Waals surface area contributed by atoms with Crippen LogP contribution in [0.2, 0.25) is 0 Å². The fourth-order valence-corrected chi connectivity index (χ4v) is 3.46. The lowest BCUT2D eigenvalue weighted by atomic mass is 10.1. The maximum atomic E-state index is 13.3. The van der Waals surface area contributed by atoms with Crippen LogP contribution in [0.25, 0.3) is 0 Å². The van der Waals surface area contributed by atoms with Crippen molar-refractivity contribution in [2.45, 2.75) is 18.9 Å². The number of nitrogens with zero attached hydrogens (tertiary/aromatic N) is 2. The smallest absolute Gasteiger partial charge is 0.191 e. The van der Waals surface area contributed by atoms with Crippen molar-refractivity contribution in [3.05, 3.63) is 59.7 Å². The molecule has 1 heterocycles. The molecule has 1 saturated heterocycles. The summed E-state index contributed by atoms with van der Waals surface area (Å²) in [4.78, 5) is 6.54. The van der Waals surface area contributed by atoms with Gasteiger partial charge in [0, 0.05) is 38.8 Å². The molecule has 3 rings (SSSR count). The molecule has 0 saturated carbocycles. The summed E-state index contributed by atoms with van der Waals surface area (Å²) < 4.78 is 32.0. The van der Waals surface area contributed by atoms with Crippen molar-refractivity contribution in [3.8, 4) is 5.75 Å². The van der Waals surface area contributed by atoms with E-state index in [4.69, 9.17) is 4.74 Å². The number of ether oxygens (including phenoxy) is 1. The van der Waals surface area contributed by atoms with Gasteiger partial charge >= 0.3 is 0 Å². The summed E-state index contributed by atoms with van der Waals surface area (Å²) in [7, 11) is 3.39. The van der Waals surface area contributed by atoms with Crippen molar-refractivity contribution in [3.63, 3.8) is 0 Å². The lowest BCUT2D eigenvalue weighted by Gasteiger charge is -2.22. The average molecular weight is 388 g/mol. The highest BCUT2D eigenvalue weighted by Gasteiger charge is 2.25. The summed E-state index contributed by atoms with van der Waals surface area (Å²) in [6.07, 6.45) is 1.49. The second-order valence-electron chi connectivity index (χ2n) is 6.77. The van der Waals surface area contributed by atoms with Crippen molar-refractivity contribution in [2.24, 2.45) is 4.99 Å². The Hall–Kier alpha value is -2.83. The summed E-state index contributed by atoms with van der Waals surface area (Å²) in [5.74, 6) is 0.441. The number of halogens is 2. The van der Waals surface area contributed by atoms with E-state index in [0.29, 0.717) is 24.5 Å². The number of hydrogen-bond acceptors (Lipinski definition) is 3. The van der Waals surface area contributed by atoms with Gasteiger partial charge in [0.15, 0.2) is 5.96 Å². The van der Waals surface area contributed by atoms with E-state index < -0.39 is 11.6 Å². The second kappa shape index (κ2) is 9.39. The number of rotatable bonds is 6. The minimum Gasteiger partial charge on any atom is -0.495 e. The van der Waals surface area contributed by atoms with Crippen molar-refractivity contribution in [1.82, 2.24) is 10.6 Å². The molecule has 0 spiro atoms. The van der Waals surface area contributed by atoms with Gasteiger partial charge in [-0.25, -0.2) is 8.78 Å². The number of para-hydroxylation sites is 2. The van der Waals surface area contributed by atoms with Gasteiger partial charge in [-0.1, -0.05) is 12.1 Å². The maximum Gasteiger partial charge on any atom is 0.191 e. The van der Waals surface area contributed by atoms with Crippen molar-refractivity contribution in [1.29, 1.82) is 0 Å². The first-order valence-electron chi connectivity index (χ1n) is 9.39. The van der Waals surface area contributed by atoms with Crippen LogP contribution in [0.4, 0.5) is 14.5 Å². The molecule has 0 bridgehead atoms. The Labute approximate surface area is 164 Å². The number of benzene rings is 2. The fraction of sp³-hybridized carbons (Fsp3) is 0.381. The number of nitrogens with one attached hydrogen (secondary N) is 2. The molecule has 1 fully saturated rings. The Morgan fingerprint density at radius 3 is 2.68 bits per heavy atom. The van der Waals surface area contributed by atoms with E-state index in [1.165, 1.54) is 12.1 Å². The Morgan fingerprint density at radius 1 is 1.21 bits per heavy atom. The maximum absolute atomic E-state index is 13.3. The molecule has 2 aromatic carbocycles. The van der Waals surface area contributed by atoms with E-state index in [1.54, 1.807) is 14.2 Å². The van der Waals surface area contributed by atoms with Crippen molar-refractivity contribution < 1.29 is 13.5 Å². The normalized spacial score (nSPS) is 16.9. The van der Waals surface area contributed by atoms with Gasteiger partial charge in [0.1, 0.15) is 17.4 Å². The molecule has 7 heteroatoms. The lowest BCUT2D eigenvalue weighted by molar-refractivity contribution is 0.415. The fourth-order valence-electron chi connectivity index (χ4n) is 3.46. The van der Waals surface area contributed by atoms with Crippen LogP contribution in [0.3, 0.4) is 0 Å². The number of methoxy groups -OCH3 is 1. The lowest BCUT2D eigenvalue weighted by Crippen LogP contribution is -2.45. The van der Waals surface area contributed by atoms with Crippen LogP contribution >= 0.6 is 0 Å². The first-order chi connectivity index (χ1) is 13.6. The average Bonchev–Trinajstić information content (AvgIpc) is 3.14. The van der Waals surface area contributed by atoms with Crippen molar-refractivity contribution >= 4 is 11.6 Å². The van der Waals surface area contributed by atoms with Crippen LogP contribution in [0, 0.1) is 11.6 Å². The van der Waals surface area contributed by atoms with Crippen LogP contribution in [0.1, 0.15) is 12.0 Å². The van der Waals surface area contributed by atoms with Gasteiger partial charge in [-0.05, 0) is 42.7 Å².